The number of allylic oxidation sites excluding steroid dienone is 18. The molecule has 0 rings (SSSR count). The molecule has 0 saturated heterocycles. The molecule has 1 unspecified atom stereocenters. The highest BCUT2D eigenvalue weighted by atomic mass is 16.6. The summed E-state index contributed by atoms with van der Waals surface area (Å²) in [4.78, 5) is 38.5. The van der Waals surface area contributed by atoms with Gasteiger partial charge < -0.3 is 14.2 Å². The predicted octanol–water partition coefficient (Wildman–Crippen LogP) is 24.6. The number of esters is 3. The van der Waals surface area contributed by atoms with Crippen molar-refractivity contribution in [2.75, 3.05) is 13.2 Å². The minimum atomic E-state index is -0.790. The second-order valence-corrected chi connectivity index (χ2v) is 23.4. The fourth-order valence-corrected chi connectivity index (χ4v) is 9.94. The van der Waals surface area contributed by atoms with Crippen molar-refractivity contribution in [2.24, 2.45) is 0 Å². The van der Waals surface area contributed by atoms with E-state index in [4.69, 9.17) is 14.2 Å². The summed E-state index contributed by atoms with van der Waals surface area (Å²) in [6.45, 7) is 6.51. The van der Waals surface area contributed by atoms with Gasteiger partial charge in [0.15, 0.2) is 6.10 Å². The van der Waals surface area contributed by atoms with E-state index in [1.165, 1.54) is 186 Å². The van der Waals surface area contributed by atoms with E-state index >= 15 is 0 Å². The lowest BCUT2D eigenvalue weighted by molar-refractivity contribution is -0.167. The average Bonchev–Trinajstić information content (AvgIpc) is 3.49. The summed E-state index contributed by atoms with van der Waals surface area (Å²) in [5.41, 5.74) is 0. The number of carbonyl (C=O) groups is 3. The molecule has 6 nitrogen and oxygen atoms in total. The highest BCUT2D eigenvalue weighted by molar-refractivity contribution is 5.71. The molecule has 0 radical (unpaired) electrons. The van der Waals surface area contributed by atoms with E-state index in [9.17, 15) is 14.4 Å². The van der Waals surface area contributed by atoms with Gasteiger partial charge in [-0.3, -0.25) is 14.4 Å². The van der Waals surface area contributed by atoms with Crippen molar-refractivity contribution >= 4 is 17.9 Å². The Kier molecular flexibility index (Phi) is 67.2. The average molecular weight is 1150 g/mol. The van der Waals surface area contributed by atoms with Crippen molar-refractivity contribution in [3.05, 3.63) is 109 Å². The SMILES string of the molecule is CC/C=C\C/C=C\C/C=C\C/C=C\CCCCCCCCCCCCCCC(=O)OCC(COC(=O)CCCCCCCCC/C=C\C/C=C\CCCCC)OC(=O)CCCCCCCCCC/C=C\C/C=C\C/C=C\CCCCCCC. The first-order valence-corrected chi connectivity index (χ1v) is 35.4. The molecule has 0 spiro atoms. The van der Waals surface area contributed by atoms with Crippen LogP contribution in [0.5, 0.6) is 0 Å². The summed E-state index contributed by atoms with van der Waals surface area (Å²) >= 11 is 0. The van der Waals surface area contributed by atoms with Crippen molar-refractivity contribution in [1.29, 1.82) is 0 Å². The molecule has 476 valence electrons. The van der Waals surface area contributed by atoms with Gasteiger partial charge in [0.25, 0.3) is 0 Å². The van der Waals surface area contributed by atoms with Crippen molar-refractivity contribution < 1.29 is 28.6 Å². The summed E-state index contributed by atoms with van der Waals surface area (Å²) in [5, 5.41) is 0. The lowest BCUT2D eigenvalue weighted by Gasteiger charge is -2.18. The Morgan fingerprint density at radius 2 is 0.470 bits per heavy atom. The van der Waals surface area contributed by atoms with Gasteiger partial charge in [0.1, 0.15) is 13.2 Å². The quantitative estimate of drug-likeness (QED) is 0.0261. The van der Waals surface area contributed by atoms with Crippen molar-refractivity contribution in [3.8, 4) is 0 Å². The zero-order valence-electron chi connectivity index (χ0n) is 54.7. The fourth-order valence-electron chi connectivity index (χ4n) is 9.94. The van der Waals surface area contributed by atoms with Crippen molar-refractivity contribution in [1.82, 2.24) is 0 Å². The molecule has 0 aromatic heterocycles. The first-order valence-electron chi connectivity index (χ1n) is 35.4. The summed E-state index contributed by atoms with van der Waals surface area (Å²) in [7, 11) is 0. The molecule has 1 atom stereocenters. The molecule has 0 fully saturated rings. The Balaban J connectivity index is 4.38. The predicted molar refractivity (Wildman–Crippen MR) is 362 cm³/mol. The van der Waals surface area contributed by atoms with Gasteiger partial charge in [-0.2, -0.15) is 0 Å². The van der Waals surface area contributed by atoms with Crippen molar-refractivity contribution in [3.63, 3.8) is 0 Å². The van der Waals surface area contributed by atoms with Crippen LogP contribution in [0.4, 0.5) is 0 Å². The fraction of sp³-hybridized carbons (Fsp3) is 0.727. The van der Waals surface area contributed by atoms with Gasteiger partial charge in [0.05, 0.1) is 0 Å². The van der Waals surface area contributed by atoms with Crippen LogP contribution in [-0.2, 0) is 28.6 Å². The van der Waals surface area contributed by atoms with Gasteiger partial charge in [-0.05, 0) is 128 Å². The van der Waals surface area contributed by atoms with Crippen LogP contribution >= 0.6 is 0 Å². The van der Waals surface area contributed by atoms with E-state index in [-0.39, 0.29) is 31.1 Å². The van der Waals surface area contributed by atoms with E-state index in [1.54, 1.807) is 0 Å². The molecule has 0 aromatic carbocycles. The number of ether oxygens (including phenoxy) is 3. The standard InChI is InChI=1S/C77H132O6/c1-4-7-10-13-16-19-22-25-28-31-33-35-37-38-40-41-43-46-49-52-55-58-61-64-67-70-76(79)82-73-74(72-81-75(78)69-66-63-60-57-54-51-48-45-30-27-24-21-18-15-12-9-6-3)83-77(80)71-68-65-62-59-56-53-50-47-44-42-39-36-34-32-29-26-23-20-17-14-11-8-5-2/h7,10,16,18-19,21,23,25-28,30,32-35,39,42,74H,4-6,8-9,11-15,17,20,22,24,29,31,36-38,40-41,43-73H2,1-3H3/b10-7-,19-16-,21-18-,26-23-,28-25-,30-27-,34-32-,35-33-,42-39-. The summed E-state index contributed by atoms with van der Waals surface area (Å²) in [5.74, 6) is -0.887. The topological polar surface area (TPSA) is 78.9 Å². The van der Waals surface area contributed by atoms with Crippen LogP contribution in [0.3, 0.4) is 0 Å². The van der Waals surface area contributed by atoms with Gasteiger partial charge in [0.2, 0.25) is 0 Å². The monoisotopic (exact) mass is 1150 g/mol. The van der Waals surface area contributed by atoms with E-state index in [0.29, 0.717) is 19.3 Å². The first-order chi connectivity index (χ1) is 41.0. The number of carbonyl (C=O) groups excluding carboxylic acids is 3. The third kappa shape index (κ3) is 68.7. The molecule has 0 saturated carbocycles. The zero-order valence-corrected chi connectivity index (χ0v) is 54.7. The molecule has 6 heteroatoms. The molecule has 0 aliphatic rings. The van der Waals surface area contributed by atoms with Crippen LogP contribution in [0.1, 0.15) is 342 Å². The highest BCUT2D eigenvalue weighted by Gasteiger charge is 2.19. The van der Waals surface area contributed by atoms with Crippen LogP contribution in [0.2, 0.25) is 0 Å². The second kappa shape index (κ2) is 70.6. The summed E-state index contributed by atoms with van der Waals surface area (Å²) in [6, 6.07) is 0. The summed E-state index contributed by atoms with van der Waals surface area (Å²) < 4.78 is 17.0. The van der Waals surface area contributed by atoms with E-state index in [0.717, 1.165) is 116 Å². The maximum Gasteiger partial charge on any atom is 0.306 e. The van der Waals surface area contributed by atoms with Crippen LogP contribution in [-0.4, -0.2) is 37.2 Å². The molecule has 0 heterocycles. The minimum absolute atomic E-state index is 0.0842. The smallest absolute Gasteiger partial charge is 0.306 e. The largest absolute Gasteiger partial charge is 0.462 e. The van der Waals surface area contributed by atoms with Gasteiger partial charge >= 0.3 is 17.9 Å². The third-order valence-electron chi connectivity index (χ3n) is 15.2. The molecule has 0 amide bonds. The number of unbranched alkanes of at least 4 members (excludes halogenated alkanes) is 35. The molecule has 83 heavy (non-hydrogen) atoms. The van der Waals surface area contributed by atoms with E-state index in [2.05, 4.69) is 130 Å². The molecule has 0 aliphatic carbocycles. The van der Waals surface area contributed by atoms with Crippen LogP contribution < -0.4 is 0 Å². The first kappa shape index (κ1) is 79.1. The Morgan fingerprint density at radius 3 is 0.759 bits per heavy atom. The van der Waals surface area contributed by atoms with Crippen LogP contribution in [0.25, 0.3) is 0 Å². The summed E-state index contributed by atoms with van der Waals surface area (Å²) in [6.07, 6.45) is 96.7. The number of rotatable bonds is 64. The lowest BCUT2D eigenvalue weighted by Crippen LogP contribution is -2.30. The van der Waals surface area contributed by atoms with Gasteiger partial charge in [-0.25, -0.2) is 0 Å². The normalized spacial score (nSPS) is 12.8. The molecular weight excluding hydrogens is 1020 g/mol. The number of hydrogen-bond acceptors (Lipinski definition) is 6. The van der Waals surface area contributed by atoms with Crippen molar-refractivity contribution in [2.45, 2.75) is 348 Å². The molecule has 0 aliphatic heterocycles. The molecular formula is C77H132O6. The van der Waals surface area contributed by atoms with E-state index in [1.807, 2.05) is 0 Å². The lowest BCUT2D eigenvalue weighted by atomic mass is 10.0. The van der Waals surface area contributed by atoms with Gasteiger partial charge in [-0.15, -0.1) is 0 Å². The maximum atomic E-state index is 13.0. The third-order valence-corrected chi connectivity index (χ3v) is 15.2. The Morgan fingerprint density at radius 1 is 0.253 bits per heavy atom. The minimum Gasteiger partial charge on any atom is -0.462 e. The zero-order chi connectivity index (χ0) is 59.9. The van der Waals surface area contributed by atoms with Crippen LogP contribution in [0.15, 0.2) is 109 Å². The van der Waals surface area contributed by atoms with Gasteiger partial charge in [-0.1, -0.05) is 304 Å². The second-order valence-electron chi connectivity index (χ2n) is 23.4. The molecule has 0 bridgehead atoms. The highest BCUT2D eigenvalue weighted by Crippen LogP contribution is 2.17. The molecule has 0 N–H and O–H groups in total. The Hall–Kier alpha value is -3.93. The number of hydrogen-bond donors (Lipinski definition) is 0. The molecule has 0 aromatic rings. The van der Waals surface area contributed by atoms with Gasteiger partial charge in [0, 0.05) is 19.3 Å². The van der Waals surface area contributed by atoms with Crippen LogP contribution in [0, 0.1) is 0 Å². The Labute approximate surface area is 514 Å². The van der Waals surface area contributed by atoms with E-state index < -0.39 is 6.10 Å². The Bertz CT molecular complexity index is 1660. The maximum absolute atomic E-state index is 13.0.